The molecule has 0 fully saturated rings. The van der Waals surface area contributed by atoms with E-state index in [2.05, 4.69) is 44.9 Å². The van der Waals surface area contributed by atoms with Crippen molar-refractivity contribution < 1.29 is 9.53 Å². The first kappa shape index (κ1) is 26.5. The Kier molecular flexibility index (Phi) is 14.2. The van der Waals surface area contributed by atoms with Gasteiger partial charge >= 0.3 is 6.09 Å². The molecular weight excluding hydrogens is 372 g/mol. The van der Waals surface area contributed by atoms with Gasteiger partial charge in [0.15, 0.2) is 0 Å². The molecular formula is C26H46N2O2. The van der Waals surface area contributed by atoms with E-state index in [-0.39, 0.29) is 6.09 Å². The average molecular weight is 419 g/mol. The number of rotatable bonds is 16. The van der Waals surface area contributed by atoms with Gasteiger partial charge in [0, 0.05) is 18.1 Å². The molecule has 0 aliphatic rings. The van der Waals surface area contributed by atoms with Crippen molar-refractivity contribution in [1.82, 2.24) is 4.98 Å². The zero-order valence-electron chi connectivity index (χ0n) is 20.2. The van der Waals surface area contributed by atoms with Crippen LogP contribution in [0.15, 0.2) is 24.5 Å². The van der Waals surface area contributed by atoms with E-state index in [1.165, 1.54) is 57.8 Å². The highest BCUT2D eigenvalue weighted by atomic mass is 16.5. The highest BCUT2D eigenvalue weighted by Crippen LogP contribution is 2.22. The van der Waals surface area contributed by atoms with E-state index < -0.39 is 0 Å². The van der Waals surface area contributed by atoms with Crippen molar-refractivity contribution in [3.05, 3.63) is 24.5 Å². The molecule has 172 valence electrons. The topological polar surface area (TPSA) is 51.2 Å². The van der Waals surface area contributed by atoms with Gasteiger partial charge in [0.05, 0.1) is 6.61 Å². The molecule has 0 aliphatic heterocycles. The lowest BCUT2D eigenvalue weighted by molar-refractivity contribution is 0.153. The third kappa shape index (κ3) is 14.4. The van der Waals surface area contributed by atoms with Crippen molar-refractivity contribution >= 4 is 11.8 Å². The molecule has 1 N–H and O–H groups in total. The van der Waals surface area contributed by atoms with E-state index in [1.807, 2.05) is 0 Å². The summed E-state index contributed by atoms with van der Waals surface area (Å²) in [5, 5.41) is 2.72. The van der Waals surface area contributed by atoms with Crippen molar-refractivity contribution in [2.75, 3.05) is 11.9 Å². The van der Waals surface area contributed by atoms with E-state index in [4.69, 9.17) is 4.74 Å². The summed E-state index contributed by atoms with van der Waals surface area (Å²) in [4.78, 5) is 15.7. The maximum absolute atomic E-state index is 11.8. The number of anilines is 1. The van der Waals surface area contributed by atoms with E-state index in [0.717, 1.165) is 24.2 Å². The quantitative estimate of drug-likeness (QED) is 0.295. The van der Waals surface area contributed by atoms with E-state index in [0.29, 0.717) is 18.2 Å². The van der Waals surface area contributed by atoms with Crippen LogP contribution in [0.1, 0.15) is 98.8 Å². The smallest absolute Gasteiger partial charge is 0.411 e. The molecule has 0 spiro atoms. The molecule has 0 saturated heterocycles. The average Bonchev–Trinajstić information content (AvgIpc) is 2.68. The van der Waals surface area contributed by atoms with Gasteiger partial charge in [-0.15, -0.1) is 0 Å². The summed E-state index contributed by atoms with van der Waals surface area (Å²) in [6.45, 7) is 12.2. The van der Waals surface area contributed by atoms with Crippen LogP contribution in [-0.4, -0.2) is 17.7 Å². The number of aromatic nitrogens is 1. The lowest BCUT2D eigenvalue weighted by atomic mass is 9.91. The van der Waals surface area contributed by atoms with Gasteiger partial charge in [-0.2, -0.15) is 0 Å². The fraction of sp³-hybridized carbons (Fsp3) is 0.769. The lowest BCUT2D eigenvalue weighted by Gasteiger charge is -2.16. The van der Waals surface area contributed by atoms with Gasteiger partial charge in [0.2, 0.25) is 0 Å². The summed E-state index contributed by atoms with van der Waals surface area (Å²) >= 11 is 0. The summed E-state index contributed by atoms with van der Waals surface area (Å²) in [5.41, 5.74) is 0.710. The Bertz CT molecular complexity index is 547. The maximum Gasteiger partial charge on any atom is 0.411 e. The second-order valence-electron chi connectivity index (χ2n) is 9.79. The van der Waals surface area contributed by atoms with E-state index in [1.54, 1.807) is 24.5 Å². The van der Waals surface area contributed by atoms with E-state index in [9.17, 15) is 4.79 Å². The van der Waals surface area contributed by atoms with Gasteiger partial charge in [0.25, 0.3) is 0 Å². The van der Waals surface area contributed by atoms with Crippen LogP contribution in [0.3, 0.4) is 0 Å². The van der Waals surface area contributed by atoms with Crippen molar-refractivity contribution in [1.29, 1.82) is 0 Å². The number of nitrogens with one attached hydrogen (secondary N) is 1. The second-order valence-corrected chi connectivity index (χ2v) is 9.79. The van der Waals surface area contributed by atoms with Crippen LogP contribution in [0.5, 0.6) is 0 Å². The molecule has 1 aromatic rings. The van der Waals surface area contributed by atoms with Crippen molar-refractivity contribution in [3.8, 4) is 0 Å². The number of pyridine rings is 1. The van der Waals surface area contributed by atoms with Gasteiger partial charge in [-0.3, -0.25) is 10.3 Å². The maximum atomic E-state index is 11.8. The van der Waals surface area contributed by atoms with Crippen LogP contribution in [0, 0.1) is 23.7 Å². The highest BCUT2D eigenvalue weighted by Gasteiger charge is 2.09. The van der Waals surface area contributed by atoms with Crippen LogP contribution >= 0.6 is 0 Å². The molecule has 0 aliphatic carbocycles. The summed E-state index contributed by atoms with van der Waals surface area (Å²) in [6.07, 6.45) is 15.9. The van der Waals surface area contributed by atoms with Crippen molar-refractivity contribution in [3.63, 3.8) is 0 Å². The zero-order chi connectivity index (χ0) is 22.2. The van der Waals surface area contributed by atoms with Gasteiger partial charge < -0.3 is 4.74 Å². The van der Waals surface area contributed by atoms with Crippen LogP contribution in [-0.2, 0) is 4.74 Å². The fourth-order valence-electron chi connectivity index (χ4n) is 3.88. The largest absolute Gasteiger partial charge is 0.449 e. The van der Waals surface area contributed by atoms with Crippen LogP contribution < -0.4 is 5.32 Å². The van der Waals surface area contributed by atoms with Crippen molar-refractivity contribution in [2.45, 2.75) is 98.8 Å². The molecule has 0 aromatic carbocycles. The molecule has 1 aromatic heterocycles. The Morgan fingerprint density at radius 2 is 1.27 bits per heavy atom. The van der Waals surface area contributed by atoms with Gasteiger partial charge in [-0.05, 0) is 42.2 Å². The first-order valence-corrected chi connectivity index (χ1v) is 12.2. The highest BCUT2D eigenvalue weighted by molar-refractivity contribution is 5.84. The third-order valence-electron chi connectivity index (χ3n) is 6.04. The summed E-state index contributed by atoms with van der Waals surface area (Å²) in [7, 11) is 0. The minimum Gasteiger partial charge on any atom is -0.449 e. The first-order valence-electron chi connectivity index (χ1n) is 12.2. The Morgan fingerprint density at radius 3 is 1.77 bits per heavy atom. The molecule has 4 nitrogen and oxygen atoms in total. The van der Waals surface area contributed by atoms with Crippen LogP contribution in [0.4, 0.5) is 10.5 Å². The number of hydrogen-bond acceptors (Lipinski definition) is 3. The summed E-state index contributed by atoms with van der Waals surface area (Å²) in [6, 6.07) is 3.50. The molecule has 30 heavy (non-hydrogen) atoms. The zero-order valence-corrected chi connectivity index (χ0v) is 20.2. The predicted octanol–water partition coefficient (Wildman–Crippen LogP) is 8.10. The number of carbonyl (C=O) groups is 1. The second kappa shape index (κ2) is 16.2. The molecule has 0 radical (unpaired) electrons. The van der Waals surface area contributed by atoms with Crippen LogP contribution in [0.25, 0.3) is 0 Å². The SMILES string of the molecule is CC(C)CCC[C@@H](C)CCC[C@@H](C)CCCC(C)CCOC(=O)Nc1ccncc1. The lowest BCUT2D eigenvalue weighted by Crippen LogP contribution is -2.15. The number of amides is 1. The minimum absolute atomic E-state index is 0.388. The standard InChI is InChI=1S/C26H46N2O2/c1-21(2)9-6-10-22(3)11-7-12-23(4)13-8-14-24(5)17-20-30-26(29)28-25-15-18-27-19-16-25/h15-16,18-19,21-24H,6-14,17,20H2,1-5H3,(H,27,28,29)/t22-,23-,24?/m1/s1. The van der Waals surface area contributed by atoms with Gasteiger partial charge in [-0.1, -0.05) is 92.4 Å². The number of carbonyl (C=O) groups excluding carboxylic acids is 1. The molecule has 1 amide bonds. The Hall–Kier alpha value is -1.58. The molecule has 3 atom stereocenters. The Labute approximate surface area is 185 Å². The molecule has 4 heteroatoms. The fourth-order valence-corrected chi connectivity index (χ4v) is 3.88. The monoisotopic (exact) mass is 418 g/mol. The number of nitrogens with zero attached hydrogens (tertiary/aromatic N) is 1. The Balaban J connectivity index is 1.99. The van der Waals surface area contributed by atoms with Gasteiger partial charge in [-0.25, -0.2) is 4.79 Å². The molecule has 0 saturated carbocycles. The number of hydrogen-bond donors (Lipinski definition) is 1. The van der Waals surface area contributed by atoms with Crippen molar-refractivity contribution in [2.24, 2.45) is 23.7 Å². The molecule has 1 unspecified atom stereocenters. The minimum atomic E-state index is -0.388. The predicted molar refractivity (Wildman–Crippen MR) is 128 cm³/mol. The van der Waals surface area contributed by atoms with Crippen LogP contribution in [0.2, 0.25) is 0 Å². The number of ether oxygens (including phenoxy) is 1. The first-order chi connectivity index (χ1) is 14.4. The van der Waals surface area contributed by atoms with Gasteiger partial charge in [0.1, 0.15) is 0 Å². The summed E-state index contributed by atoms with van der Waals surface area (Å²) in [5.74, 6) is 3.14. The van der Waals surface area contributed by atoms with E-state index >= 15 is 0 Å². The summed E-state index contributed by atoms with van der Waals surface area (Å²) < 4.78 is 5.29. The Morgan fingerprint density at radius 1 is 0.800 bits per heavy atom. The normalized spacial score (nSPS) is 14.3. The molecule has 1 heterocycles. The molecule has 1 rings (SSSR count). The molecule has 0 bridgehead atoms. The third-order valence-corrected chi connectivity index (χ3v) is 6.04.